The van der Waals surface area contributed by atoms with E-state index in [9.17, 15) is 9.59 Å². The van der Waals surface area contributed by atoms with Crippen molar-refractivity contribution in [1.29, 1.82) is 0 Å². The molecule has 33 heavy (non-hydrogen) atoms. The highest BCUT2D eigenvalue weighted by atomic mass is 16.2. The maximum absolute atomic E-state index is 12.8. The summed E-state index contributed by atoms with van der Waals surface area (Å²) >= 11 is 0. The second kappa shape index (κ2) is 8.74. The Bertz CT molecular complexity index is 1210. The fraction of sp³-hybridized carbons (Fsp3) is 0.520. The second-order valence-corrected chi connectivity index (χ2v) is 9.69. The molecule has 3 aromatic rings. The minimum atomic E-state index is -0.108. The number of fused-ring (bicyclic) bond motifs is 1. The van der Waals surface area contributed by atoms with E-state index in [-0.39, 0.29) is 17.5 Å². The van der Waals surface area contributed by atoms with Gasteiger partial charge in [-0.05, 0) is 56.3 Å². The third-order valence-electron chi connectivity index (χ3n) is 7.35. The summed E-state index contributed by atoms with van der Waals surface area (Å²) in [4.78, 5) is 36.8. The van der Waals surface area contributed by atoms with E-state index in [0.717, 1.165) is 32.4 Å². The van der Waals surface area contributed by atoms with Crippen LogP contribution in [0.5, 0.6) is 0 Å². The predicted octanol–water partition coefficient (Wildman–Crippen LogP) is 3.49. The lowest BCUT2D eigenvalue weighted by atomic mass is 9.97. The van der Waals surface area contributed by atoms with Crippen LogP contribution in [-0.2, 0) is 0 Å². The second-order valence-electron chi connectivity index (χ2n) is 9.69. The van der Waals surface area contributed by atoms with Crippen LogP contribution in [0.1, 0.15) is 78.8 Å². The van der Waals surface area contributed by atoms with Crippen LogP contribution in [0.15, 0.2) is 35.3 Å². The Morgan fingerprint density at radius 2 is 1.88 bits per heavy atom. The number of nitrogens with zero attached hydrogens (tertiary/aromatic N) is 5. The van der Waals surface area contributed by atoms with Crippen LogP contribution in [0, 0.1) is 0 Å². The van der Waals surface area contributed by atoms with Crippen LogP contribution in [0.2, 0.25) is 0 Å². The summed E-state index contributed by atoms with van der Waals surface area (Å²) in [5, 5.41) is 5.09. The van der Waals surface area contributed by atoms with Gasteiger partial charge in [0.15, 0.2) is 5.65 Å². The van der Waals surface area contributed by atoms with Gasteiger partial charge in [-0.3, -0.25) is 14.5 Å². The summed E-state index contributed by atoms with van der Waals surface area (Å²) in [5.74, 6) is 1.13. The van der Waals surface area contributed by atoms with Crippen molar-refractivity contribution in [2.75, 3.05) is 27.2 Å². The Morgan fingerprint density at radius 1 is 1.15 bits per heavy atom. The van der Waals surface area contributed by atoms with E-state index < -0.39 is 0 Å². The largest absolute Gasteiger partial charge is 0.345 e. The topological polar surface area (TPSA) is 87.1 Å². The average Bonchev–Trinajstić information content (AvgIpc) is 3.58. The summed E-state index contributed by atoms with van der Waals surface area (Å²) in [6.45, 7) is 3.95. The van der Waals surface area contributed by atoms with Gasteiger partial charge < -0.3 is 9.88 Å². The molecular formula is C25H32N6O2. The van der Waals surface area contributed by atoms with E-state index in [0.29, 0.717) is 34.4 Å². The molecule has 2 aromatic heterocycles. The van der Waals surface area contributed by atoms with Gasteiger partial charge in [0.25, 0.3) is 11.5 Å². The number of rotatable bonds is 5. The number of aromatic amines is 1. The quantitative estimate of drug-likeness (QED) is 0.646. The van der Waals surface area contributed by atoms with E-state index in [4.69, 9.17) is 4.98 Å². The van der Waals surface area contributed by atoms with Crippen LogP contribution in [0.4, 0.5) is 0 Å². The molecule has 0 radical (unpaired) electrons. The Balaban J connectivity index is 1.34. The lowest BCUT2D eigenvalue weighted by Crippen LogP contribution is -2.28. The van der Waals surface area contributed by atoms with Crippen LogP contribution >= 0.6 is 0 Å². The van der Waals surface area contributed by atoms with Gasteiger partial charge in [-0.25, -0.2) is 9.67 Å². The summed E-state index contributed by atoms with van der Waals surface area (Å²) in [6.07, 6.45) is 7.31. The molecule has 2 atom stereocenters. The molecule has 174 valence electrons. The molecule has 2 fully saturated rings. The number of hydrogen-bond donors (Lipinski definition) is 1. The minimum absolute atomic E-state index is 0.00798. The zero-order valence-corrected chi connectivity index (χ0v) is 19.6. The summed E-state index contributed by atoms with van der Waals surface area (Å²) in [6, 6.07) is 8.33. The van der Waals surface area contributed by atoms with Crippen molar-refractivity contribution in [2.45, 2.75) is 57.0 Å². The SMILES string of the molecule is C[C@H](c1nc2c(cnn2C2CCCC2)c(=O)[nH]1)N1CCC(c2ccc(C(=O)N(C)C)cc2)C1. The number of H-pyrrole nitrogens is 1. The number of nitrogens with one attached hydrogen (secondary N) is 1. The number of hydrogen-bond acceptors (Lipinski definition) is 5. The van der Waals surface area contributed by atoms with Gasteiger partial charge >= 0.3 is 0 Å². The first-order chi connectivity index (χ1) is 15.9. The highest BCUT2D eigenvalue weighted by molar-refractivity contribution is 5.93. The van der Waals surface area contributed by atoms with E-state index in [2.05, 4.69) is 34.0 Å². The van der Waals surface area contributed by atoms with E-state index >= 15 is 0 Å². The molecule has 8 nitrogen and oxygen atoms in total. The zero-order chi connectivity index (χ0) is 23.1. The molecule has 1 aliphatic heterocycles. The van der Waals surface area contributed by atoms with E-state index in [1.807, 2.05) is 16.8 Å². The first-order valence-electron chi connectivity index (χ1n) is 12.0. The van der Waals surface area contributed by atoms with Crippen molar-refractivity contribution in [3.05, 3.63) is 57.8 Å². The van der Waals surface area contributed by atoms with E-state index in [1.54, 1.807) is 25.2 Å². The Morgan fingerprint density at radius 3 is 2.58 bits per heavy atom. The molecular weight excluding hydrogens is 416 g/mol. The standard InChI is InChI=1S/C25H32N6O2/c1-16(22-27-23-21(24(32)28-22)14-26-31(23)20-6-4-5-7-20)30-13-12-19(15-30)17-8-10-18(11-9-17)25(33)29(2)3/h8-11,14,16,19-20H,4-7,12-13,15H2,1-3H3,(H,27,28,32)/t16-,19?/m1/s1. The van der Waals surface area contributed by atoms with Crippen molar-refractivity contribution in [3.63, 3.8) is 0 Å². The van der Waals surface area contributed by atoms with Crippen molar-refractivity contribution in [3.8, 4) is 0 Å². The predicted molar refractivity (Wildman–Crippen MR) is 127 cm³/mol. The molecule has 1 saturated carbocycles. The van der Waals surface area contributed by atoms with Crippen LogP contribution < -0.4 is 5.56 Å². The number of likely N-dealkylation sites (tertiary alicyclic amines) is 1. The fourth-order valence-electron chi connectivity index (χ4n) is 5.31. The molecule has 1 amide bonds. The maximum Gasteiger partial charge on any atom is 0.262 e. The van der Waals surface area contributed by atoms with Gasteiger partial charge in [0.05, 0.1) is 18.3 Å². The third kappa shape index (κ3) is 4.08. The lowest BCUT2D eigenvalue weighted by molar-refractivity contribution is 0.0827. The number of carbonyl (C=O) groups excluding carboxylic acids is 1. The molecule has 0 spiro atoms. The molecule has 1 unspecified atom stereocenters. The Kier molecular flexibility index (Phi) is 5.78. The van der Waals surface area contributed by atoms with Gasteiger partial charge in [-0.2, -0.15) is 5.10 Å². The van der Waals surface area contributed by atoms with Gasteiger partial charge in [-0.15, -0.1) is 0 Å². The Hall–Kier alpha value is -3.00. The molecule has 1 N–H and O–H groups in total. The smallest absolute Gasteiger partial charge is 0.262 e. The average molecular weight is 449 g/mol. The van der Waals surface area contributed by atoms with E-state index in [1.165, 1.54) is 18.4 Å². The summed E-state index contributed by atoms with van der Waals surface area (Å²) in [7, 11) is 3.53. The van der Waals surface area contributed by atoms with Gasteiger partial charge in [-0.1, -0.05) is 25.0 Å². The highest BCUT2D eigenvalue weighted by Gasteiger charge is 2.30. The van der Waals surface area contributed by atoms with Crippen molar-refractivity contribution >= 4 is 16.9 Å². The number of amides is 1. The first kappa shape index (κ1) is 21.8. The van der Waals surface area contributed by atoms with Gasteiger partial charge in [0.2, 0.25) is 0 Å². The minimum Gasteiger partial charge on any atom is -0.345 e. The zero-order valence-electron chi connectivity index (χ0n) is 19.6. The molecule has 8 heteroatoms. The number of aromatic nitrogens is 4. The summed E-state index contributed by atoms with van der Waals surface area (Å²) in [5.41, 5.74) is 2.56. The van der Waals surface area contributed by atoms with Crippen molar-refractivity contribution in [1.82, 2.24) is 29.5 Å². The normalized spacial score (nSPS) is 20.5. The number of benzene rings is 1. The first-order valence-corrected chi connectivity index (χ1v) is 12.0. The van der Waals surface area contributed by atoms with Gasteiger partial charge in [0, 0.05) is 26.2 Å². The summed E-state index contributed by atoms with van der Waals surface area (Å²) < 4.78 is 1.97. The maximum atomic E-state index is 12.8. The van der Waals surface area contributed by atoms with Crippen LogP contribution in [-0.4, -0.2) is 62.6 Å². The third-order valence-corrected chi connectivity index (χ3v) is 7.35. The van der Waals surface area contributed by atoms with Crippen LogP contribution in [0.3, 0.4) is 0 Å². The highest BCUT2D eigenvalue weighted by Crippen LogP contribution is 2.33. The molecule has 0 bridgehead atoms. The van der Waals surface area contributed by atoms with Crippen LogP contribution in [0.25, 0.3) is 11.0 Å². The lowest BCUT2D eigenvalue weighted by Gasteiger charge is -2.24. The molecule has 2 aliphatic rings. The molecule has 3 heterocycles. The molecule has 1 saturated heterocycles. The Labute approximate surface area is 193 Å². The number of carbonyl (C=O) groups is 1. The monoisotopic (exact) mass is 448 g/mol. The van der Waals surface area contributed by atoms with Crippen molar-refractivity contribution < 1.29 is 4.79 Å². The van der Waals surface area contributed by atoms with Crippen molar-refractivity contribution in [2.24, 2.45) is 0 Å². The molecule has 1 aromatic carbocycles. The molecule has 1 aliphatic carbocycles. The van der Waals surface area contributed by atoms with Gasteiger partial charge in [0.1, 0.15) is 11.2 Å². The molecule has 5 rings (SSSR count). The fourth-order valence-corrected chi connectivity index (χ4v) is 5.31.